The number of halogens is 4. The number of hydrazone groups is 1. The molecule has 3 N–H and O–H groups in total. The van der Waals surface area contributed by atoms with Gasteiger partial charge < -0.3 is 10.2 Å². The fourth-order valence-electron chi connectivity index (χ4n) is 4.70. The lowest BCUT2D eigenvalue weighted by molar-refractivity contribution is -0.121. The Labute approximate surface area is 268 Å². The van der Waals surface area contributed by atoms with E-state index in [0.717, 1.165) is 0 Å². The second kappa shape index (κ2) is 13.8. The first-order chi connectivity index (χ1) is 20.4. The molecule has 1 atom stereocenters. The van der Waals surface area contributed by atoms with Crippen molar-refractivity contribution in [1.82, 2.24) is 15.4 Å². The van der Waals surface area contributed by atoms with Gasteiger partial charge in [0.15, 0.2) is 6.17 Å². The van der Waals surface area contributed by atoms with Crippen molar-refractivity contribution >= 4 is 82.0 Å². The van der Waals surface area contributed by atoms with Crippen molar-refractivity contribution < 1.29 is 19.6 Å². The van der Waals surface area contributed by atoms with Crippen LogP contribution in [0.2, 0.25) is 20.1 Å². The summed E-state index contributed by atoms with van der Waals surface area (Å²) in [6.45, 7) is 3.58. The minimum atomic E-state index is -1.17. The molecule has 1 fully saturated rings. The van der Waals surface area contributed by atoms with Crippen LogP contribution in [-0.4, -0.2) is 57.6 Å². The van der Waals surface area contributed by atoms with Crippen molar-refractivity contribution in [1.29, 1.82) is 0 Å². The highest BCUT2D eigenvalue weighted by Gasteiger charge is 2.55. The van der Waals surface area contributed by atoms with E-state index in [9.17, 15) is 19.6 Å². The normalized spacial score (nSPS) is 16.1. The standard InChI is InChI=1S/C29H28Cl4N6O4/c1-29(2)26(39(43)27(41)35-22-8-3-6-19(30)14-22)38(23-9-4-7-20(31)15-23)28(42)37(29)13-5-10-25(40)36-34-17-18-11-12-21(32)16-24(18)33/h3-4,6-9,11-12,14-17,26,43H,5,10,13H2,1-2H3,(H,35,41)(H,36,40)/b34-17+. The van der Waals surface area contributed by atoms with Gasteiger partial charge in [-0.05, 0) is 68.8 Å². The smallest absolute Gasteiger partial charge is 0.315 e. The Hall–Kier alpha value is -3.54. The summed E-state index contributed by atoms with van der Waals surface area (Å²) in [5, 5.41) is 19.8. The lowest BCUT2D eigenvalue weighted by atomic mass is 9.99. The molecule has 5 amide bonds. The van der Waals surface area contributed by atoms with Crippen LogP contribution in [0.1, 0.15) is 32.3 Å². The molecule has 3 aromatic carbocycles. The topological polar surface area (TPSA) is 118 Å². The summed E-state index contributed by atoms with van der Waals surface area (Å²) in [4.78, 5) is 42.2. The van der Waals surface area contributed by atoms with Gasteiger partial charge in [-0.1, -0.05) is 64.6 Å². The van der Waals surface area contributed by atoms with Crippen LogP contribution in [-0.2, 0) is 4.79 Å². The number of hydrogen-bond acceptors (Lipinski definition) is 5. The third-order valence-corrected chi connectivity index (χ3v) is 7.78. The highest BCUT2D eigenvalue weighted by atomic mass is 35.5. The van der Waals surface area contributed by atoms with Crippen molar-refractivity contribution in [3.63, 3.8) is 0 Å². The van der Waals surface area contributed by atoms with E-state index in [1.165, 1.54) is 22.1 Å². The average Bonchev–Trinajstić information content (AvgIpc) is 3.14. The predicted octanol–water partition coefficient (Wildman–Crippen LogP) is 7.50. The number of nitrogens with zero attached hydrogens (tertiary/aromatic N) is 4. The second-order valence-corrected chi connectivity index (χ2v) is 11.9. The van der Waals surface area contributed by atoms with Gasteiger partial charge in [-0.3, -0.25) is 14.9 Å². The fraction of sp³-hybridized carbons (Fsp3) is 0.241. The Morgan fingerprint density at radius 2 is 1.67 bits per heavy atom. The summed E-state index contributed by atoms with van der Waals surface area (Å²) < 4.78 is 0. The summed E-state index contributed by atoms with van der Waals surface area (Å²) in [7, 11) is 0. The van der Waals surface area contributed by atoms with Crippen LogP contribution in [0.5, 0.6) is 0 Å². The Morgan fingerprint density at radius 1 is 1.00 bits per heavy atom. The summed E-state index contributed by atoms with van der Waals surface area (Å²) in [6.07, 6.45) is 0.557. The zero-order valence-corrected chi connectivity index (χ0v) is 26.1. The van der Waals surface area contributed by atoms with Gasteiger partial charge >= 0.3 is 12.1 Å². The molecule has 1 aliphatic rings. The van der Waals surface area contributed by atoms with Crippen molar-refractivity contribution in [3.8, 4) is 0 Å². The van der Waals surface area contributed by atoms with E-state index in [4.69, 9.17) is 46.4 Å². The van der Waals surface area contributed by atoms with Gasteiger partial charge in [0.1, 0.15) is 0 Å². The van der Waals surface area contributed by atoms with E-state index in [1.807, 2.05) is 0 Å². The molecule has 14 heteroatoms. The number of hydrogen-bond donors (Lipinski definition) is 3. The van der Waals surface area contributed by atoms with Crippen LogP contribution in [0.4, 0.5) is 21.0 Å². The molecule has 0 aliphatic carbocycles. The van der Waals surface area contributed by atoms with E-state index >= 15 is 0 Å². The molecule has 1 heterocycles. The molecule has 226 valence electrons. The number of carbonyl (C=O) groups is 3. The Kier molecular flexibility index (Phi) is 10.4. The largest absolute Gasteiger partial charge is 0.347 e. The molecule has 4 rings (SSSR count). The van der Waals surface area contributed by atoms with Crippen molar-refractivity contribution in [3.05, 3.63) is 92.4 Å². The minimum absolute atomic E-state index is 0.0471. The Balaban J connectivity index is 1.48. The van der Waals surface area contributed by atoms with Crippen molar-refractivity contribution in [2.24, 2.45) is 5.10 Å². The number of benzene rings is 3. The molecule has 0 bridgehead atoms. The highest BCUT2D eigenvalue weighted by molar-refractivity contribution is 6.36. The molecule has 0 saturated carbocycles. The van der Waals surface area contributed by atoms with E-state index in [-0.39, 0.29) is 25.3 Å². The summed E-state index contributed by atoms with van der Waals surface area (Å²) in [5.41, 5.74) is 2.64. The van der Waals surface area contributed by atoms with Crippen LogP contribution in [0.25, 0.3) is 0 Å². The van der Waals surface area contributed by atoms with Gasteiger partial charge in [0.25, 0.3) is 0 Å². The number of urea groups is 2. The molecule has 3 aromatic rings. The molecular weight excluding hydrogens is 638 g/mol. The van der Waals surface area contributed by atoms with Crippen LogP contribution in [0.15, 0.2) is 71.8 Å². The van der Waals surface area contributed by atoms with Crippen LogP contribution in [0, 0.1) is 0 Å². The first kappa shape index (κ1) is 32.4. The third-order valence-electron chi connectivity index (χ3n) is 6.75. The fourth-order valence-corrected chi connectivity index (χ4v) is 5.53. The molecular formula is C29H28Cl4N6O4. The molecule has 1 aliphatic heterocycles. The number of anilines is 2. The zero-order valence-electron chi connectivity index (χ0n) is 23.1. The van der Waals surface area contributed by atoms with Crippen LogP contribution in [0.3, 0.4) is 0 Å². The number of carbonyl (C=O) groups excluding carboxylic acids is 3. The zero-order chi connectivity index (χ0) is 31.3. The number of amides is 5. The lowest BCUT2D eigenvalue weighted by Crippen LogP contribution is -2.58. The Morgan fingerprint density at radius 3 is 2.35 bits per heavy atom. The maximum Gasteiger partial charge on any atom is 0.347 e. The van der Waals surface area contributed by atoms with Crippen LogP contribution >= 0.6 is 46.4 Å². The van der Waals surface area contributed by atoms with E-state index in [2.05, 4.69) is 15.8 Å². The first-order valence-corrected chi connectivity index (χ1v) is 14.6. The number of rotatable bonds is 9. The number of hydroxylamine groups is 2. The van der Waals surface area contributed by atoms with E-state index in [0.29, 0.717) is 42.1 Å². The van der Waals surface area contributed by atoms with Gasteiger partial charge in [-0.15, -0.1) is 0 Å². The maximum atomic E-state index is 13.8. The lowest BCUT2D eigenvalue weighted by Gasteiger charge is -2.38. The van der Waals surface area contributed by atoms with Gasteiger partial charge in [-0.2, -0.15) is 10.2 Å². The molecule has 43 heavy (non-hydrogen) atoms. The first-order valence-electron chi connectivity index (χ1n) is 13.1. The van der Waals surface area contributed by atoms with Gasteiger partial charge in [0, 0.05) is 45.0 Å². The molecule has 10 nitrogen and oxygen atoms in total. The average molecular weight is 666 g/mol. The van der Waals surface area contributed by atoms with E-state index < -0.39 is 23.8 Å². The molecule has 1 saturated heterocycles. The summed E-state index contributed by atoms with van der Waals surface area (Å²) in [6, 6.07) is 16.5. The van der Waals surface area contributed by atoms with Gasteiger partial charge in [-0.25, -0.2) is 15.0 Å². The van der Waals surface area contributed by atoms with Gasteiger partial charge in [0.05, 0.1) is 16.8 Å². The monoisotopic (exact) mass is 664 g/mol. The quantitative estimate of drug-likeness (QED) is 0.125. The Bertz CT molecular complexity index is 1550. The maximum absolute atomic E-state index is 13.8. The third kappa shape index (κ3) is 7.70. The minimum Gasteiger partial charge on any atom is -0.315 e. The van der Waals surface area contributed by atoms with Crippen molar-refractivity contribution in [2.75, 3.05) is 16.8 Å². The highest BCUT2D eigenvalue weighted by Crippen LogP contribution is 2.39. The summed E-state index contributed by atoms with van der Waals surface area (Å²) in [5.74, 6) is -0.376. The number of nitrogens with one attached hydrogen (secondary N) is 2. The molecule has 0 radical (unpaired) electrons. The SMILES string of the molecule is CC1(C)C(N(O)C(=O)Nc2cccc(Cl)c2)N(c2cccc(Cl)c2)C(=O)N1CCCC(=O)N/N=C/c1ccc(Cl)cc1Cl. The second-order valence-electron chi connectivity index (χ2n) is 10.2. The molecule has 0 spiro atoms. The predicted molar refractivity (Wildman–Crippen MR) is 169 cm³/mol. The molecule has 0 aromatic heterocycles. The molecule has 1 unspecified atom stereocenters. The van der Waals surface area contributed by atoms with Crippen molar-refractivity contribution in [2.45, 2.75) is 38.4 Å². The van der Waals surface area contributed by atoms with E-state index in [1.54, 1.807) is 74.5 Å². The summed E-state index contributed by atoms with van der Waals surface area (Å²) >= 11 is 24.3. The van der Waals surface area contributed by atoms with Crippen LogP contribution < -0.4 is 15.6 Å². The van der Waals surface area contributed by atoms with Gasteiger partial charge in [0.2, 0.25) is 5.91 Å².